The first-order valence-corrected chi connectivity index (χ1v) is 9.70. The van der Waals surface area contributed by atoms with Crippen LogP contribution in [0, 0.1) is 6.92 Å². The van der Waals surface area contributed by atoms with Gasteiger partial charge in [-0.1, -0.05) is 26.0 Å². The molecule has 1 aromatic carbocycles. The smallest absolute Gasteiger partial charge is 0.120 e. The highest BCUT2D eigenvalue weighted by Crippen LogP contribution is 2.28. The largest absolute Gasteiger partial charge is 0.508 e. The molecule has 1 fully saturated rings. The van der Waals surface area contributed by atoms with Crippen LogP contribution in [0.4, 0.5) is 0 Å². The summed E-state index contributed by atoms with van der Waals surface area (Å²) < 4.78 is 0. The molecule has 4 heteroatoms. The van der Waals surface area contributed by atoms with E-state index in [0.717, 1.165) is 44.8 Å². The molecule has 2 heterocycles. The van der Waals surface area contributed by atoms with E-state index >= 15 is 0 Å². The van der Waals surface area contributed by atoms with Crippen LogP contribution in [0.3, 0.4) is 0 Å². The van der Waals surface area contributed by atoms with Crippen molar-refractivity contribution in [2.75, 3.05) is 26.2 Å². The van der Waals surface area contributed by atoms with Crippen LogP contribution in [0.1, 0.15) is 41.3 Å². The molecule has 0 amide bonds. The van der Waals surface area contributed by atoms with Crippen LogP contribution in [0.5, 0.6) is 5.75 Å². The number of benzene rings is 1. The van der Waals surface area contributed by atoms with Gasteiger partial charge >= 0.3 is 0 Å². The maximum atomic E-state index is 10.3. The van der Waals surface area contributed by atoms with Gasteiger partial charge in [-0.05, 0) is 41.5 Å². The summed E-state index contributed by atoms with van der Waals surface area (Å²) in [5, 5.41) is 12.5. The molecule has 2 aromatic rings. The van der Waals surface area contributed by atoms with Gasteiger partial charge in [-0.3, -0.25) is 9.80 Å². The SMILES string of the molecule is Cc1cc(O)c(CN2CCN(Cc3cccs3)CC2)cc1C(C)C. The summed E-state index contributed by atoms with van der Waals surface area (Å²) in [7, 11) is 0. The minimum Gasteiger partial charge on any atom is -0.508 e. The Morgan fingerprint density at radius 3 is 2.33 bits per heavy atom. The lowest BCUT2D eigenvalue weighted by Crippen LogP contribution is -2.45. The molecule has 1 aromatic heterocycles. The third kappa shape index (κ3) is 4.18. The Kier molecular flexibility index (Phi) is 5.59. The number of aromatic hydroxyl groups is 1. The molecule has 0 unspecified atom stereocenters. The lowest BCUT2D eigenvalue weighted by Gasteiger charge is -2.34. The first-order valence-electron chi connectivity index (χ1n) is 8.82. The van der Waals surface area contributed by atoms with E-state index in [2.05, 4.69) is 54.2 Å². The van der Waals surface area contributed by atoms with Crippen molar-refractivity contribution >= 4 is 11.3 Å². The number of aryl methyl sites for hydroxylation is 1. The van der Waals surface area contributed by atoms with E-state index in [4.69, 9.17) is 0 Å². The number of phenolic OH excluding ortho intramolecular Hbond substituents is 1. The molecule has 1 saturated heterocycles. The molecule has 1 aliphatic heterocycles. The number of rotatable bonds is 5. The van der Waals surface area contributed by atoms with Crippen LogP contribution in [-0.2, 0) is 13.1 Å². The lowest BCUT2D eigenvalue weighted by atomic mass is 9.95. The number of phenols is 1. The Bertz CT molecular complexity index is 659. The molecular weight excluding hydrogens is 316 g/mol. The van der Waals surface area contributed by atoms with E-state index in [1.54, 1.807) is 0 Å². The van der Waals surface area contributed by atoms with Crippen LogP contribution in [0.25, 0.3) is 0 Å². The second kappa shape index (κ2) is 7.68. The molecule has 1 aliphatic rings. The first-order chi connectivity index (χ1) is 11.5. The highest BCUT2D eigenvalue weighted by atomic mass is 32.1. The maximum Gasteiger partial charge on any atom is 0.120 e. The van der Waals surface area contributed by atoms with Crippen LogP contribution < -0.4 is 0 Å². The third-order valence-electron chi connectivity index (χ3n) is 4.91. The average molecular weight is 345 g/mol. The summed E-state index contributed by atoms with van der Waals surface area (Å²) in [5.41, 5.74) is 3.60. The maximum absolute atomic E-state index is 10.3. The Hall–Kier alpha value is -1.36. The summed E-state index contributed by atoms with van der Waals surface area (Å²) in [4.78, 5) is 6.43. The monoisotopic (exact) mass is 344 g/mol. The molecule has 0 aliphatic carbocycles. The van der Waals surface area contributed by atoms with E-state index in [1.807, 2.05) is 17.4 Å². The molecule has 0 saturated carbocycles. The summed E-state index contributed by atoms with van der Waals surface area (Å²) >= 11 is 1.84. The average Bonchev–Trinajstić information content (AvgIpc) is 3.04. The Morgan fingerprint density at radius 2 is 1.75 bits per heavy atom. The highest BCUT2D eigenvalue weighted by molar-refractivity contribution is 7.09. The minimum atomic E-state index is 0.443. The zero-order valence-corrected chi connectivity index (χ0v) is 15.8. The van der Waals surface area contributed by atoms with Gasteiger partial charge in [0.2, 0.25) is 0 Å². The zero-order valence-electron chi connectivity index (χ0n) is 15.0. The van der Waals surface area contributed by atoms with Gasteiger partial charge in [-0.2, -0.15) is 0 Å². The molecule has 0 bridgehead atoms. The van der Waals surface area contributed by atoms with Crippen molar-refractivity contribution in [1.82, 2.24) is 9.80 Å². The van der Waals surface area contributed by atoms with Crippen LogP contribution in [-0.4, -0.2) is 41.1 Å². The quantitative estimate of drug-likeness (QED) is 0.880. The Labute approximate surface area is 149 Å². The Balaban J connectivity index is 1.59. The Morgan fingerprint density at radius 1 is 1.08 bits per heavy atom. The fourth-order valence-electron chi connectivity index (χ4n) is 3.47. The van der Waals surface area contributed by atoms with Crippen LogP contribution >= 0.6 is 11.3 Å². The van der Waals surface area contributed by atoms with Gasteiger partial charge in [-0.25, -0.2) is 0 Å². The van der Waals surface area contributed by atoms with Crippen molar-refractivity contribution in [2.24, 2.45) is 0 Å². The summed E-state index contributed by atoms with van der Waals surface area (Å²) in [5.74, 6) is 0.935. The van der Waals surface area contributed by atoms with Gasteiger partial charge in [0, 0.05) is 49.7 Å². The summed E-state index contributed by atoms with van der Waals surface area (Å²) in [6.45, 7) is 12.8. The molecule has 130 valence electrons. The molecular formula is C20H28N2OS. The molecule has 0 radical (unpaired) electrons. The predicted molar refractivity (Wildman–Crippen MR) is 102 cm³/mol. The van der Waals surface area contributed by atoms with Gasteiger partial charge in [0.25, 0.3) is 0 Å². The number of nitrogens with zero attached hydrogens (tertiary/aromatic N) is 2. The standard InChI is InChI=1S/C20H28N2OS/c1-15(2)19-12-17(20(23)11-16(19)3)13-21-6-8-22(9-7-21)14-18-5-4-10-24-18/h4-5,10-12,15,23H,6-9,13-14H2,1-3H3. The molecule has 0 spiro atoms. The molecule has 3 rings (SSSR count). The van der Waals surface area contributed by atoms with Crippen LogP contribution in [0.2, 0.25) is 0 Å². The van der Waals surface area contributed by atoms with E-state index in [-0.39, 0.29) is 0 Å². The topological polar surface area (TPSA) is 26.7 Å². The van der Waals surface area contributed by atoms with Crippen LogP contribution in [0.15, 0.2) is 29.6 Å². The number of hydrogen-bond donors (Lipinski definition) is 1. The molecule has 1 N–H and O–H groups in total. The fraction of sp³-hybridized carbons (Fsp3) is 0.500. The van der Waals surface area contributed by atoms with Gasteiger partial charge < -0.3 is 5.11 Å². The van der Waals surface area contributed by atoms with E-state index < -0.39 is 0 Å². The van der Waals surface area contributed by atoms with Crippen molar-refractivity contribution < 1.29 is 5.11 Å². The number of hydrogen-bond acceptors (Lipinski definition) is 4. The van der Waals surface area contributed by atoms with Crippen molar-refractivity contribution in [3.63, 3.8) is 0 Å². The second-order valence-corrected chi connectivity index (χ2v) is 8.16. The predicted octanol–water partition coefficient (Wildman–Crippen LogP) is 4.20. The van der Waals surface area contributed by atoms with E-state index in [9.17, 15) is 5.11 Å². The zero-order chi connectivity index (χ0) is 17.1. The number of thiophene rings is 1. The van der Waals surface area contributed by atoms with Crippen molar-refractivity contribution in [3.8, 4) is 5.75 Å². The molecule has 0 atom stereocenters. The van der Waals surface area contributed by atoms with Gasteiger partial charge in [0.15, 0.2) is 0 Å². The first kappa shape index (κ1) is 17.5. The fourth-order valence-corrected chi connectivity index (χ4v) is 4.22. The van der Waals surface area contributed by atoms with E-state index in [0.29, 0.717) is 11.7 Å². The second-order valence-electron chi connectivity index (χ2n) is 7.12. The molecule has 24 heavy (non-hydrogen) atoms. The van der Waals surface area contributed by atoms with Gasteiger partial charge in [-0.15, -0.1) is 11.3 Å². The van der Waals surface area contributed by atoms with E-state index in [1.165, 1.54) is 16.0 Å². The lowest BCUT2D eigenvalue weighted by molar-refractivity contribution is 0.122. The minimum absolute atomic E-state index is 0.443. The molecule has 3 nitrogen and oxygen atoms in total. The third-order valence-corrected chi connectivity index (χ3v) is 5.77. The highest BCUT2D eigenvalue weighted by Gasteiger charge is 2.19. The normalized spacial score (nSPS) is 16.8. The summed E-state index contributed by atoms with van der Waals surface area (Å²) in [6, 6.07) is 8.47. The van der Waals surface area contributed by atoms with Crippen molar-refractivity contribution in [3.05, 3.63) is 51.2 Å². The summed E-state index contributed by atoms with van der Waals surface area (Å²) in [6.07, 6.45) is 0. The van der Waals surface area contributed by atoms with Crippen molar-refractivity contribution in [2.45, 2.75) is 39.8 Å². The van der Waals surface area contributed by atoms with Gasteiger partial charge in [0.1, 0.15) is 5.75 Å². The van der Waals surface area contributed by atoms with Crippen molar-refractivity contribution in [1.29, 1.82) is 0 Å². The van der Waals surface area contributed by atoms with Gasteiger partial charge in [0.05, 0.1) is 0 Å². The number of piperazine rings is 1.